The van der Waals surface area contributed by atoms with Gasteiger partial charge in [0.1, 0.15) is 18.0 Å². The molecule has 48 heavy (non-hydrogen) atoms. The summed E-state index contributed by atoms with van der Waals surface area (Å²) in [5.41, 5.74) is 0.429. The van der Waals surface area contributed by atoms with E-state index in [-0.39, 0.29) is 23.2 Å². The quantitative estimate of drug-likeness (QED) is 0.254. The Balaban J connectivity index is 0.877. The van der Waals surface area contributed by atoms with Gasteiger partial charge in [0.15, 0.2) is 0 Å². The maximum atomic E-state index is 13.6. The summed E-state index contributed by atoms with van der Waals surface area (Å²) in [4.78, 5) is 40.4. The molecule has 2 aliphatic heterocycles. The van der Waals surface area contributed by atoms with Crippen molar-refractivity contribution in [3.05, 3.63) is 29.8 Å². The molecule has 2 heterocycles. The van der Waals surface area contributed by atoms with Crippen molar-refractivity contribution >= 4 is 12.0 Å². The lowest BCUT2D eigenvalue weighted by Crippen LogP contribution is -2.65. The van der Waals surface area contributed by atoms with Crippen LogP contribution in [0.2, 0.25) is 0 Å². The van der Waals surface area contributed by atoms with Gasteiger partial charge < -0.3 is 29.6 Å². The van der Waals surface area contributed by atoms with Crippen LogP contribution in [0.3, 0.4) is 0 Å². The number of hydrogen-bond acceptors (Lipinski definition) is 9. The molecule has 7 aliphatic rings. The Bertz CT molecular complexity index is 1270. The van der Waals surface area contributed by atoms with E-state index >= 15 is 0 Å². The van der Waals surface area contributed by atoms with Crippen molar-refractivity contribution in [3.63, 3.8) is 0 Å². The van der Waals surface area contributed by atoms with Gasteiger partial charge >= 0.3 is 6.09 Å². The van der Waals surface area contributed by atoms with Gasteiger partial charge in [0.2, 0.25) is 17.5 Å². The summed E-state index contributed by atoms with van der Waals surface area (Å²) >= 11 is 0. The SMILES string of the molecule is CC(C)(C)OC(=O)NCCCNC(=O)C12CC3CC(C1)[C@]1(OO[C@]4(CCC(c5ccc(OCCN6CCOCC6)cc5)CC4)O1)C(C3)C2. The van der Waals surface area contributed by atoms with Crippen LogP contribution >= 0.6 is 0 Å². The number of alkyl carbamates (subject to hydrolysis) is 1. The molecule has 1 aromatic rings. The molecule has 2 N–H and O–H groups in total. The summed E-state index contributed by atoms with van der Waals surface area (Å²) in [5.74, 6) is 0.866. The average Bonchev–Trinajstić information content (AvgIpc) is 3.43. The van der Waals surface area contributed by atoms with Crippen LogP contribution in [0.15, 0.2) is 24.3 Å². The molecule has 0 aromatic heterocycles. The number of carbonyl (C=O) groups is 2. The monoisotopic (exact) mass is 669 g/mol. The Morgan fingerprint density at radius 1 is 0.938 bits per heavy atom. The average molecular weight is 670 g/mol. The van der Waals surface area contributed by atoms with Gasteiger partial charge in [-0.3, -0.25) is 9.69 Å². The Kier molecular flexibility index (Phi) is 9.71. The summed E-state index contributed by atoms with van der Waals surface area (Å²) in [6.07, 6.45) is 8.28. The highest BCUT2D eigenvalue weighted by atomic mass is 17.3. The molecular weight excluding hydrogens is 614 g/mol. The van der Waals surface area contributed by atoms with E-state index in [1.54, 1.807) is 0 Å². The zero-order chi connectivity index (χ0) is 33.4. The second kappa shape index (κ2) is 13.7. The summed E-state index contributed by atoms with van der Waals surface area (Å²) in [7, 11) is 0. The van der Waals surface area contributed by atoms with Gasteiger partial charge in [0.25, 0.3) is 0 Å². The maximum Gasteiger partial charge on any atom is 0.407 e. The van der Waals surface area contributed by atoms with Gasteiger partial charge in [-0.15, -0.1) is 0 Å². The van der Waals surface area contributed by atoms with Crippen LogP contribution in [-0.2, 0) is 28.8 Å². The Morgan fingerprint density at radius 3 is 2.31 bits per heavy atom. The molecular formula is C37H55N3O8. The van der Waals surface area contributed by atoms with E-state index in [0.717, 1.165) is 96.4 Å². The molecule has 0 radical (unpaired) electrons. The number of ether oxygens (including phenoxy) is 4. The van der Waals surface area contributed by atoms with Gasteiger partial charge in [-0.25, -0.2) is 4.79 Å². The molecule has 2 unspecified atom stereocenters. The van der Waals surface area contributed by atoms with E-state index in [1.807, 2.05) is 20.8 Å². The standard InChI is InChI=1S/C37H55N3O8/c1-34(2,3)45-33(42)39-14-4-13-38-32(41)35-23-26-21-29(24-35)37(30(22-26)25-35)46-36(47-48-37)11-9-28(10-12-36)27-5-7-31(8-6-27)44-20-17-40-15-18-43-19-16-40/h5-8,26,28-30H,4,9-25H2,1-3H3,(H,38,41)(H,39,42)/t26?,28?,29?,30?,35?,36-,37-. The third kappa shape index (κ3) is 7.22. The number of morpholine rings is 1. The van der Waals surface area contributed by atoms with E-state index in [9.17, 15) is 9.59 Å². The largest absolute Gasteiger partial charge is 0.492 e. The fourth-order valence-electron chi connectivity index (χ4n) is 9.49. The minimum atomic E-state index is -0.745. The van der Waals surface area contributed by atoms with E-state index in [4.69, 9.17) is 28.7 Å². The van der Waals surface area contributed by atoms with Crippen LogP contribution in [0.4, 0.5) is 4.79 Å². The van der Waals surface area contributed by atoms with Crippen molar-refractivity contribution < 1.29 is 38.3 Å². The smallest absolute Gasteiger partial charge is 0.407 e. The summed E-state index contributed by atoms with van der Waals surface area (Å²) < 4.78 is 23.7. The Labute approximate surface area is 285 Å². The number of amides is 2. The Hall–Kier alpha value is -2.44. The molecule has 2 spiro atoms. The van der Waals surface area contributed by atoms with Crippen molar-refractivity contribution in [2.75, 3.05) is 52.5 Å². The molecule has 8 rings (SSSR count). The van der Waals surface area contributed by atoms with Crippen LogP contribution in [0, 0.1) is 23.2 Å². The van der Waals surface area contributed by atoms with E-state index in [1.165, 1.54) is 5.56 Å². The van der Waals surface area contributed by atoms with E-state index in [2.05, 4.69) is 39.8 Å². The molecule has 7 fully saturated rings. The molecule has 11 nitrogen and oxygen atoms in total. The van der Waals surface area contributed by atoms with E-state index in [0.29, 0.717) is 38.0 Å². The molecule has 4 bridgehead atoms. The molecule has 2 saturated heterocycles. The third-order valence-corrected chi connectivity index (χ3v) is 11.7. The molecule has 1 aromatic carbocycles. The first-order valence-corrected chi connectivity index (χ1v) is 18.4. The van der Waals surface area contributed by atoms with Gasteiger partial charge in [0.05, 0.1) is 18.6 Å². The first-order chi connectivity index (χ1) is 23.1. The van der Waals surface area contributed by atoms with Crippen molar-refractivity contribution in [2.45, 2.75) is 108 Å². The topological polar surface area (TPSA) is 117 Å². The fourth-order valence-corrected chi connectivity index (χ4v) is 9.49. The summed E-state index contributed by atoms with van der Waals surface area (Å²) in [6.45, 7) is 11.7. The number of benzene rings is 1. The summed E-state index contributed by atoms with van der Waals surface area (Å²) in [5, 5.41) is 5.96. The maximum absolute atomic E-state index is 13.6. The lowest BCUT2D eigenvalue weighted by atomic mass is 9.47. The normalized spacial score (nSPS) is 36.0. The number of nitrogens with one attached hydrogen (secondary N) is 2. The Morgan fingerprint density at radius 2 is 1.62 bits per heavy atom. The van der Waals surface area contributed by atoms with Crippen LogP contribution in [0.25, 0.3) is 0 Å². The first kappa shape index (κ1) is 34.0. The van der Waals surface area contributed by atoms with Crippen molar-refractivity contribution in [3.8, 4) is 5.75 Å². The number of nitrogens with zero attached hydrogens (tertiary/aromatic N) is 1. The predicted molar refractivity (Wildman–Crippen MR) is 177 cm³/mol. The minimum absolute atomic E-state index is 0.136. The van der Waals surface area contributed by atoms with Gasteiger partial charge in [0, 0.05) is 57.4 Å². The molecule has 5 saturated carbocycles. The lowest BCUT2D eigenvalue weighted by molar-refractivity contribution is -0.393. The molecule has 2 amide bonds. The van der Waals surface area contributed by atoms with Crippen LogP contribution in [0.1, 0.15) is 96.5 Å². The number of carbonyl (C=O) groups excluding carboxylic acids is 2. The van der Waals surface area contributed by atoms with Crippen molar-refractivity contribution in [1.29, 1.82) is 0 Å². The highest BCUT2D eigenvalue weighted by Gasteiger charge is 2.71. The fraction of sp³-hybridized carbons (Fsp3) is 0.784. The van der Waals surface area contributed by atoms with E-state index < -0.39 is 23.3 Å². The first-order valence-electron chi connectivity index (χ1n) is 18.4. The molecule has 2 atom stereocenters. The summed E-state index contributed by atoms with van der Waals surface area (Å²) in [6, 6.07) is 8.62. The van der Waals surface area contributed by atoms with Gasteiger partial charge in [-0.2, -0.15) is 9.78 Å². The molecule has 5 aliphatic carbocycles. The number of hydrogen-bond donors (Lipinski definition) is 2. The second-order valence-corrected chi connectivity index (χ2v) is 16.2. The zero-order valence-electron chi connectivity index (χ0n) is 29.1. The predicted octanol–water partition coefficient (Wildman–Crippen LogP) is 5.28. The molecule has 11 heteroatoms. The van der Waals surface area contributed by atoms with Crippen LogP contribution in [0.5, 0.6) is 5.75 Å². The van der Waals surface area contributed by atoms with Crippen LogP contribution < -0.4 is 15.4 Å². The zero-order valence-corrected chi connectivity index (χ0v) is 29.1. The van der Waals surface area contributed by atoms with Gasteiger partial charge in [-0.1, -0.05) is 12.1 Å². The van der Waals surface area contributed by atoms with Crippen molar-refractivity contribution in [2.24, 2.45) is 23.2 Å². The minimum Gasteiger partial charge on any atom is -0.492 e. The van der Waals surface area contributed by atoms with Gasteiger partial charge in [-0.05, 0) is 102 Å². The molecule has 266 valence electrons. The van der Waals surface area contributed by atoms with Crippen molar-refractivity contribution in [1.82, 2.24) is 15.5 Å². The second-order valence-electron chi connectivity index (χ2n) is 16.2. The lowest BCUT2D eigenvalue weighted by Gasteiger charge is -2.61. The number of rotatable bonds is 10. The highest BCUT2D eigenvalue weighted by molar-refractivity contribution is 5.83. The van der Waals surface area contributed by atoms with Crippen LogP contribution in [-0.4, -0.2) is 86.6 Å². The third-order valence-electron chi connectivity index (χ3n) is 11.7. The highest BCUT2D eigenvalue weighted by Crippen LogP contribution is 2.68.